The summed E-state index contributed by atoms with van der Waals surface area (Å²) < 4.78 is 0. The first kappa shape index (κ1) is 11.3. The van der Waals surface area contributed by atoms with Gasteiger partial charge < -0.3 is 10.2 Å². The van der Waals surface area contributed by atoms with Gasteiger partial charge in [0, 0.05) is 17.3 Å². The van der Waals surface area contributed by atoms with Gasteiger partial charge in [0.1, 0.15) is 5.84 Å². The number of halogens is 1. The predicted octanol–water partition coefficient (Wildman–Crippen LogP) is 1.72. The van der Waals surface area contributed by atoms with E-state index in [9.17, 15) is 4.79 Å². The molecule has 3 aliphatic rings. The fourth-order valence-corrected chi connectivity index (χ4v) is 3.25. The van der Waals surface area contributed by atoms with Crippen molar-refractivity contribution in [2.45, 2.75) is 18.3 Å². The van der Waals surface area contributed by atoms with Crippen molar-refractivity contribution < 1.29 is 4.79 Å². The van der Waals surface area contributed by atoms with Crippen LogP contribution in [0.4, 0.5) is 5.69 Å². The Balaban J connectivity index is 1.75. The van der Waals surface area contributed by atoms with Crippen molar-refractivity contribution in [3.05, 3.63) is 28.8 Å². The maximum Gasteiger partial charge on any atom is 0.238 e. The Morgan fingerprint density at radius 3 is 2.95 bits per heavy atom. The van der Waals surface area contributed by atoms with Gasteiger partial charge in [-0.3, -0.25) is 9.79 Å². The highest BCUT2D eigenvalue weighted by Gasteiger charge is 2.59. The van der Waals surface area contributed by atoms with Crippen molar-refractivity contribution >= 4 is 29.0 Å². The van der Waals surface area contributed by atoms with Crippen LogP contribution in [0.25, 0.3) is 0 Å². The van der Waals surface area contributed by atoms with E-state index in [2.05, 4.69) is 10.3 Å². The smallest absolute Gasteiger partial charge is 0.238 e. The molecule has 0 bridgehead atoms. The van der Waals surface area contributed by atoms with Crippen LogP contribution in [0, 0.1) is 0 Å². The van der Waals surface area contributed by atoms with E-state index in [-0.39, 0.29) is 11.3 Å². The maximum absolute atomic E-state index is 12.6. The van der Waals surface area contributed by atoms with Gasteiger partial charge in [-0.15, -0.1) is 0 Å². The van der Waals surface area contributed by atoms with Gasteiger partial charge in [0.25, 0.3) is 0 Å². The molecule has 1 N–H and O–H groups in total. The first-order valence-corrected chi connectivity index (χ1v) is 6.98. The number of carbonyl (C=O) groups is 1. The van der Waals surface area contributed by atoms with Crippen LogP contribution < -0.4 is 10.2 Å². The number of nitrogens with one attached hydrogen (secondary N) is 1. The van der Waals surface area contributed by atoms with E-state index in [0.29, 0.717) is 11.6 Å². The minimum absolute atomic E-state index is 0.209. The Hall–Kier alpha value is -1.55. The van der Waals surface area contributed by atoms with E-state index in [1.165, 1.54) is 0 Å². The Bertz CT molecular complexity index is 607. The lowest BCUT2D eigenvalue weighted by atomic mass is 9.98. The molecule has 1 spiro atoms. The molecule has 19 heavy (non-hydrogen) atoms. The third-order valence-corrected chi connectivity index (χ3v) is 4.46. The summed E-state index contributed by atoms with van der Waals surface area (Å²) >= 11 is 6.08. The fourth-order valence-electron chi connectivity index (χ4n) is 3.08. The van der Waals surface area contributed by atoms with E-state index in [1.807, 2.05) is 23.1 Å². The summed E-state index contributed by atoms with van der Waals surface area (Å²) in [6.07, 6.45) is 1.88. The van der Waals surface area contributed by atoms with Crippen LogP contribution in [0.3, 0.4) is 0 Å². The standard InChI is InChI=1S/C14H14ClN3O/c15-9-1-2-11-10(7-9)14(3-4-14)13(19)18(11)8-12-16-5-6-17-12/h1-2,7H,3-6,8H2,(H,16,17). The summed E-state index contributed by atoms with van der Waals surface area (Å²) in [5.41, 5.74) is 1.83. The number of nitrogens with zero attached hydrogens (tertiary/aromatic N) is 2. The zero-order valence-electron chi connectivity index (χ0n) is 10.4. The van der Waals surface area contributed by atoms with Gasteiger partial charge >= 0.3 is 0 Å². The topological polar surface area (TPSA) is 44.7 Å². The zero-order valence-corrected chi connectivity index (χ0v) is 11.2. The highest BCUT2D eigenvalue weighted by molar-refractivity contribution is 6.31. The number of hydrogen-bond donors (Lipinski definition) is 1. The molecular formula is C14H14ClN3O. The molecule has 1 aromatic rings. The van der Waals surface area contributed by atoms with Gasteiger partial charge in [0.2, 0.25) is 5.91 Å². The Morgan fingerprint density at radius 1 is 1.42 bits per heavy atom. The summed E-state index contributed by atoms with van der Waals surface area (Å²) in [5, 5.41) is 3.93. The molecule has 4 nitrogen and oxygen atoms in total. The lowest BCUT2D eigenvalue weighted by Gasteiger charge is -2.18. The first-order valence-electron chi connectivity index (χ1n) is 6.60. The minimum atomic E-state index is -0.278. The second kappa shape index (κ2) is 3.73. The quantitative estimate of drug-likeness (QED) is 0.893. The molecule has 0 unspecified atom stereocenters. The number of aliphatic imine (C=N–C) groups is 1. The van der Waals surface area contributed by atoms with Crippen LogP contribution in [-0.4, -0.2) is 31.4 Å². The largest absolute Gasteiger partial charge is 0.370 e. The van der Waals surface area contributed by atoms with Gasteiger partial charge in [0.15, 0.2) is 0 Å². The molecule has 98 valence electrons. The molecule has 1 aliphatic carbocycles. The Morgan fingerprint density at radius 2 is 2.26 bits per heavy atom. The van der Waals surface area contributed by atoms with E-state index >= 15 is 0 Å². The summed E-state index contributed by atoms with van der Waals surface area (Å²) in [6, 6.07) is 5.76. The number of amidine groups is 1. The molecule has 4 rings (SSSR count). The van der Waals surface area contributed by atoms with Crippen LogP contribution in [0.15, 0.2) is 23.2 Å². The first-order chi connectivity index (χ1) is 9.21. The van der Waals surface area contributed by atoms with Crippen LogP contribution in [-0.2, 0) is 10.2 Å². The second-order valence-electron chi connectivity index (χ2n) is 5.39. The van der Waals surface area contributed by atoms with Crippen molar-refractivity contribution in [3.63, 3.8) is 0 Å². The van der Waals surface area contributed by atoms with Gasteiger partial charge in [0.05, 0.1) is 18.5 Å². The maximum atomic E-state index is 12.6. The number of fused-ring (bicyclic) bond motifs is 2. The third kappa shape index (κ3) is 1.53. The molecule has 0 atom stereocenters. The van der Waals surface area contributed by atoms with Crippen molar-refractivity contribution in [1.29, 1.82) is 0 Å². The van der Waals surface area contributed by atoms with Gasteiger partial charge in [-0.05, 0) is 36.6 Å². The number of anilines is 1. The van der Waals surface area contributed by atoms with Crippen LogP contribution in [0.2, 0.25) is 5.02 Å². The van der Waals surface area contributed by atoms with Crippen LogP contribution in [0.1, 0.15) is 18.4 Å². The highest BCUT2D eigenvalue weighted by Crippen LogP contribution is 2.57. The highest BCUT2D eigenvalue weighted by atomic mass is 35.5. The lowest BCUT2D eigenvalue weighted by molar-refractivity contribution is -0.120. The average molecular weight is 276 g/mol. The zero-order chi connectivity index (χ0) is 13.0. The molecule has 1 fully saturated rings. The summed E-state index contributed by atoms with van der Waals surface area (Å²) in [4.78, 5) is 18.9. The van der Waals surface area contributed by atoms with E-state index in [0.717, 1.165) is 43.0 Å². The average Bonchev–Trinajstić information content (AvgIpc) is 3.00. The number of carbonyl (C=O) groups excluding carboxylic acids is 1. The van der Waals surface area contributed by atoms with E-state index in [1.54, 1.807) is 0 Å². The summed E-state index contributed by atoms with van der Waals surface area (Å²) in [6.45, 7) is 2.22. The van der Waals surface area contributed by atoms with Crippen molar-refractivity contribution in [3.8, 4) is 0 Å². The monoisotopic (exact) mass is 275 g/mol. The van der Waals surface area contributed by atoms with Crippen molar-refractivity contribution in [1.82, 2.24) is 5.32 Å². The minimum Gasteiger partial charge on any atom is -0.370 e. The summed E-state index contributed by atoms with van der Waals surface area (Å²) in [5.74, 6) is 1.12. The SMILES string of the molecule is O=C1N(CC2=NCCN2)c2ccc(Cl)cc2C12CC2. The fraction of sp³-hybridized carbons (Fsp3) is 0.429. The van der Waals surface area contributed by atoms with Crippen molar-refractivity contribution in [2.24, 2.45) is 4.99 Å². The molecule has 5 heteroatoms. The van der Waals surface area contributed by atoms with Gasteiger partial charge in [-0.25, -0.2) is 0 Å². The van der Waals surface area contributed by atoms with Gasteiger partial charge in [-0.2, -0.15) is 0 Å². The lowest BCUT2D eigenvalue weighted by Crippen LogP contribution is -2.39. The molecule has 0 saturated heterocycles. The normalized spacial score (nSPS) is 22.5. The van der Waals surface area contributed by atoms with Crippen LogP contribution >= 0.6 is 11.6 Å². The molecule has 0 aromatic heterocycles. The van der Waals surface area contributed by atoms with E-state index in [4.69, 9.17) is 11.6 Å². The number of amides is 1. The molecule has 0 radical (unpaired) electrons. The predicted molar refractivity (Wildman–Crippen MR) is 75.0 cm³/mol. The molecule has 1 saturated carbocycles. The molecule has 2 heterocycles. The molecule has 1 aromatic carbocycles. The molecule has 1 amide bonds. The third-order valence-electron chi connectivity index (χ3n) is 4.22. The second-order valence-corrected chi connectivity index (χ2v) is 5.83. The number of rotatable bonds is 2. The van der Waals surface area contributed by atoms with Gasteiger partial charge in [-0.1, -0.05) is 11.6 Å². The Kier molecular flexibility index (Phi) is 2.22. The molecule has 2 aliphatic heterocycles. The van der Waals surface area contributed by atoms with Crippen molar-refractivity contribution in [2.75, 3.05) is 24.5 Å². The number of hydrogen-bond acceptors (Lipinski definition) is 3. The Labute approximate surface area is 116 Å². The molecular weight excluding hydrogens is 262 g/mol. The number of benzene rings is 1. The van der Waals surface area contributed by atoms with Crippen LogP contribution in [0.5, 0.6) is 0 Å². The summed E-state index contributed by atoms with van der Waals surface area (Å²) in [7, 11) is 0. The van der Waals surface area contributed by atoms with E-state index < -0.39 is 0 Å².